The number of hydrogen-bond acceptors (Lipinski definition) is 1. The monoisotopic (exact) mass is 249 g/mol. The molecule has 17 heavy (non-hydrogen) atoms. The topological polar surface area (TPSA) is 20.3 Å². The van der Waals surface area contributed by atoms with Crippen LogP contribution in [0.1, 0.15) is 30.4 Å². The van der Waals surface area contributed by atoms with Crippen molar-refractivity contribution in [2.24, 2.45) is 0 Å². The van der Waals surface area contributed by atoms with E-state index in [-0.39, 0.29) is 0 Å². The van der Waals surface area contributed by atoms with Gasteiger partial charge >= 0.3 is 0 Å². The zero-order chi connectivity index (χ0) is 11.9. The molecule has 3 rings (SSSR count). The molecule has 0 aromatic heterocycles. The number of rotatable bonds is 1. The molecule has 0 bridgehead atoms. The van der Waals surface area contributed by atoms with Crippen molar-refractivity contribution in [1.29, 1.82) is 0 Å². The Balaban J connectivity index is 1.90. The first-order valence-electron chi connectivity index (χ1n) is 6.22. The summed E-state index contributed by atoms with van der Waals surface area (Å²) in [5, 5.41) is 0.839. The fraction of sp³-hybridized carbons (Fsp3) is 0.500. The standard InChI is InChI=1S/C14H16ClNO/c15-12-1-2-13-11(9-12)3-4-14(13)5-7-16(10-17)8-6-14/h1-2,9-10H,3-8H2. The lowest BCUT2D eigenvalue weighted by atomic mass is 9.74. The lowest BCUT2D eigenvalue weighted by Crippen LogP contribution is -2.40. The van der Waals surface area contributed by atoms with Crippen molar-refractivity contribution in [2.45, 2.75) is 31.1 Å². The largest absolute Gasteiger partial charge is 0.345 e. The second-order valence-electron chi connectivity index (χ2n) is 5.22. The molecule has 1 aromatic carbocycles. The molecule has 0 unspecified atom stereocenters. The van der Waals surface area contributed by atoms with E-state index < -0.39 is 0 Å². The van der Waals surface area contributed by atoms with Crippen molar-refractivity contribution in [3.8, 4) is 0 Å². The van der Waals surface area contributed by atoms with Gasteiger partial charge in [0.2, 0.25) is 6.41 Å². The molecule has 0 saturated carbocycles. The average Bonchev–Trinajstić information content (AvgIpc) is 2.69. The van der Waals surface area contributed by atoms with Gasteiger partial charge in [0.25, 0.3) is 0 Å². The average molecular weight is 250 g/mol. The number of nitrogens with zero attached hydrogens (tertiary/aromatic N) is 1. The van der Waals surface area contributed by atoms with Crippen molar-refractivity contribution in [2.75, 3.05) is 13.1 Å². The van der Waals surface area contributed by atoms with Gasteiger partial charge in [0.1, 0.15) is 0 Å². The molecule has 1 amide bonds. The Hall–Kier alpha value is -1.02. The van der Waals surface area contributed by atoms with Crippen LogP contribution >= 0.6 is 11.6 Å². The van der Waals surface area contributed by atoms with Gasteiger partial charge in [-0.25, -0.2) is 0 Å². The first-order chi connectivity index (χ1) is 8.23. The number of amides is 1. The van der Waals surface area contributed by atoms with Gasteiger partial charge in [-0.15, -0.1) is 0 Å². The quantitative estimate of drug-likeness (QED) is 0.701. The Morgan fingerprint density at radius 2 is 2.00 bits per heavy atom. The van der Waals surface area contributed by atoms with Gasteiger partial charge in [0, 0.05) is 18.1 Å². The van der Waals surface area contributed by atoms with Gasteiger partial charge in [-0.2, -0.15) is 0 Å². The normalized spacial score (nSPS) is 21.6. The van der Waals surface area contributed by atoms with Gasteiger partial charge in [0.05, 0.1) is 0 Å². The van der Waals surface area contributed by atoms with E-state index in [0.29, 0.717) is 5.41 Å². The molecule has 1 saturated heterocycles. The second-order valence-corrected chi connectivity index (χ2v) is 5.66. The Morgan fingerprint density at radius 1 is 1.24 bits per heavy atom. The third-order valence-electron chi connectivity index (χ3n) is 4.42. The first kappa shape index (κ1) is 11.1. The zero-order valence-electron chi connectivity index (χ0n) is 9.79. The number of aryl methyl sites for hydroxylation is 1. The number of piperidine rings is 1. The minimum Gasteiger partial charge on any atom is -0.345 e. The van der Waals surface area contributed by atoms with Crippen molar-refractivity contribution in [3.63, 3.8) is 0 Å². The number of fused-ring (bicyclic) bond motifs is 2. The van der Waals surface area contributed by atoms with Gasteiger partial charge < -0.3 is 4.90 Å². The van der Waals surface area contributed by atoms with Crippen molar-refractivity contribution < 1.29 is 4.79 Å². The Bertz CT molecular complexity index is 450. The highest BCUT2D eigenvalue weighted by atomic mass is 35.5. The van der Waals surface area contributed by atoms with Crippen LogP contribution in [-0.2, 0) is 16.6 Å². The number of likely N-dealkylation sites (tertiary alicyclic amines) is 1. The third kappa shape index (κ3) is 1.75. The van der Waals surface area contributed by atoms with Crippen LogP contribution in [0.25, 0.3) is 0 Å². The lowest BCUT2D eigenvalue weighted by molar-refractivity contribution is -0.119. The number of benzene rings is 1. The predicted molar refractivity (Wildman–Crippen MR) is 68.3 cm³/mol. The maximum atomic E-state index is 10.8. The number of halogens is 1. The molecule has 0 radical (unpaired) electrons. The number of carbonyl (C=O) groups excluding carboxylic acids is 1. The van der Waals surface area contributed by atoms with Crippen molar-refractivity contribution in [3.05, 3.63) is 34.3 Å². The van der Waals surface area contributed by atoms with E-state index >= 15 is 0 Å². The van der Waals surface area contributed by atoms with E-state index in [1.807, 2.05) is 11.0 Å². The molecule has 1 aliphatic heterocycles. The molecular formula is C14H16ClNO. The summed E-state index contributed by atoms with van der Waals surface area (Å²) in [5.74, 6) is 0. The SMILES string of the molecule is O=CN1CCC2(CCc3cc(Cl)ccc32)CC1. The van der Waals surface area contributed by atoms with E-state index in [1.54, 1.807) is 0 Å². The summed E-state index contributed by atoms with van der Waals surface area (Å²) in [4.78, 5) is 12.6. The first-order valence-corrected chi connectivity index (χ1v) is 6.60. The van der Waals surface area contributed by atoms with Gasteiger partial charge in [-0.05, 0) is 54.4 Å². The summed E-state index contributed by atoms with van der Waals surface area (Å²) in [7, 11) is 0. The molecule has 1 aliphatic carbocycles. The van der Waals surface area contributed by atoms with Crippen LogP contribution in [0.4, 0.5) is 0 Å². The summed E-state index contributed by atoms with van der Waals surface area (Å²) in [5.41, 5.74) is 3.21. The predicted octanol–water partition coefficient (Wildman–Crippen LogP) is 2.78. The minimum atomic E-state index is 0.319. The van der Waals surface area contributed by atoms with E-state index in [1.165, 1.54) is 17.5 Å². The molecule has 90 valence electrons. The highest BCUT2D eigenvalue weighted by Crippen LogP contribution is 2.46. The fourth-order valence-electron chi connectivity index (χ4n) is 3.37. The summed E-state index contributed by atoms with van der Waals surface area (Å²) in [6, 6.07) is 6.30. The Labute approximate surface area is 107 Å². The van der Waals surface area contributed by atoms with Crippen LogP contribution in [-0.4, -0.2) is 24.4 Å². The molecule has 1 spiro atoms. The lowest BCUT2D eigenvalue weighted by Gasteiger charge is -2.38. The molecule has 1 aromatic rings. The number of carbonyl (C=O) groups is 1. The van der Waals surface area contributed by atoms with Crippen LogP contribution < -0.4 is 0 Å². The summed E-state index contributed by atoms with van der Waals surface area (Å²) >= 11 is 6.04. The summed E-state index contributed by atoms with van der Waals surface area (Å²) in [6.45, 7) is 1.79. The third-order valence-corrected chi connectivity index (χ3v) is 4.65. The van der Waals surface area contributed by atoms with E-state index in [4.69, 9.17) is 11.6 Å². The molecule has 2 nitrogen and oxygen atoms in total. The molecule has 2 aliphatic rings. The Morgan fingerprint density at radius 3 is 2.71 bits per heavy atom. The van der Waals surface area contributed by atoms with Crippen LogP contribution in [0.15, 0.2) is 18.2 Å². The molecule has 1 heterocycles. The highest BCUT2D eigenvalue weighted by Gasteiger charge is 2.40. The Kier molecular flexibility index (Phi) is 2.62. The van der Waals surface area contributed by atoms with E-state index in [0.717, 1.165) is 43.8 Å². The van der Waals surface area contributed by atoms with Gasteiger partial charge in [-0.3, -0.25) is 4.79 Å². The van der Waals surface area contributed by atoms with Gasteiger partial charge in [0.15, 0.2) is 0 Å². The van der Waals surface area contributed by atoms with Crippen LogP contribution in [0.2, 0.25) is 5.02 Å². The highest BCUT2D eigenvalue weighted by molar-refractivity contribution is 6.30. The zero-order valence-corrected chi connectivity index (χ0v) is 10.5. The maximum Gasteiger partial charge on any atom is 0.209 e. The second kappa shape index (κ2) is 4.02. The molecular weight excluding hydrogens is 234 g/mol. The maximum absolute atomic E-state index is 10.8. The van der Waals surface area contributed by atoms with E-state index in [9.17, 15) is 4.79 Å². The van der Waals surface area contributed by atoms with Crippen molar-refractivity contribution in [1.82, 2.24) is 4.90 Å². The van der Waals surface area contributed by atoms with Crippen LogP contribution in [0.3, 0.4) is 0 Å². The smallest absolute Gasteiger partial charge is 0.209 e. The van der Waals surface area contributed by atoms with Crippen LogP contribution in [0.5, 0.6) is 0 Å². The number of hydrogen-bond donors (Lipinski definition) is 0. The molecule has 0 N–H and O–H groups in total. The molecule has 3 heteroatoms. The fourth-order valence-corrected chi connectivity index (χ4v) is 3.57. The van der Waals surface area contributed by atoms with Crippen molar-refractivity contribution >= 4 is 18.0 Å². The molecule has 1 fully saturated rings. The molecule has 0 atom stereocenters. The van der Waals surface area contributed by atoms with Crippen LogP contribution in [0, 0.1) is 0 Å². The van der Waals surface area contributed by atoms with Gasteiger partial charge in [-0.1, -0.05) is 17.7 Å². The minimum absolute atomic E-state index is 0.319. The summed E-state index contributed by atoms with van der Waals surface area (Å²) in [6.07, 6.45) is 5.53. The summed E-state index contributed by atoms with van der Waals surface area (Å²) < 4.78 is 0. The van der Waals surface area contributed by atoms with E-state index in [2.05, 4.69) is 12.1 Å².